The van der Waals surface area contributed by atoms with Crippen molar-refractivity contribution < 1.29 is 9.59 Å². The van der Waals surface area contributed by atoms with Crippen molar-refractivity contribution in [1.82, 2.24) is 4.90 Å². The maximum absolute atomic E-state index is 13.0. The molecular weight excluding hydrogens is 395 g/mol. The van der Waals surface area contributed by atoms with E-state index in [0.29, 0.717) is 28.8 Å². The number of rotatable bonds is 2. The summed E-state index contributed by atoms with van der Waals surface area (Å²) in [5.41, 5.74) is 2.90. The number of carbonyl (C=O) groups is 2. The lowest BCUT2D eigenvalue weighted by Crippen LogP contribution is -2.37. The van der Waals surface area contributed by atoms with Gasteiger partial charge in [0.2, 0.25) is 0 Å². The standard InChI is InChI=1S/C19H13Cl3N2O2/c20-13-7-14(21)9-15(8-13)24-18(25)16(22)17(19(24)26)23-6-5-11-3-1-2-4-12(11)10-23/h1-4,7-9H,5-6,10H2. The molecule has 0 aliphatic carbocycles. The van der Waals surface area contributed by atoms with Gasteiger partial charge in [0.05, 0.1) is 5.69 Å². The SMILES string of the molecule is O=C1C(Cl)=C(N2CCc3ccccc3C2)C(=O)N1c1cc(Cl)cc(Cl)c1. The van der Waals surface area contributed by atoms with Crippen LogP contribution >= 0.6 is 34.8 Å². The fourth-order valence-electron chi connectivity index (χ4n) is 3.36. The van der Waals surface area contributed by atoms with Crippen molar-refractivity contribution in [3.63, 3.8) is 0 Å². The summed E-state index contributed by atoms with van der Waals surface area (Å²) >= 11 is 18.3. The van der Waals surface area contributed by atoms with Crippen molar-refractivity contribution in [2.45, 2.75) is 13.0 Å². The predicted octanol–water partition coefficient (Wildman–Crippen LogP) is 4.38. The molecule has 0 atom stereocenters. The Kier molecular flexibility index (Phi) is 4.43. The minimum absolute atomic E-state index is 0.0783. The van der Waals surface area contributed by atoms with Crippen LogP contribution in [-0.2, 0) is 22.6 Å². The Hall–Kier alpha value is -2.01. The largest absolute Gasteiger partial charge is 0.361 e. The van der Waals surface area contributed by atoms with Crippen molar-refractivity contribution in [2.75, 3.05) is 11.4 Å². The van der Waals surface area contributed by atoms with E-state index in [-0.39, 0.29) is 10.7 Å². The number of anilines is 1. The summed E-state index contributed by atoms with van der Waals surface area (Å²) in [7, 11) is 0. The van der Waals surface area contributed by atoms with Gasteiger partial charge < -0.3 is 4.90 Å². The Bertz CT molecular complexity index is 951. The molecular formula is C19H13Cl3N2O2. The van der Waals surface area contributed by atoms with Crippen LogP contribution in [0.25, 0.3) is 0 Å². The predicted molar refractivity (Wildman–Crippen MR) is 102 cm³/mol. The molecule has 4 nitrogen and oxygen atoms in total. The highest BCUT2D eigenvalue weighted by Crippen LogP contribution is 2.35. The fourth-order valence-corrected chi connectivity index (χ4v) is 4.15. The molecule has 2 aromatic rings. The second kappa shape index (κ2) is 6.62. The van der Waals surface area contributed by atoms with Crippen LogP contribution in [0.2, 0.25) is 10.0 Å². The Labute approximate surface area is 165 Å². The van der Waals surface area contributed by atoms with E-state index >= 15 is 0 Å². The zero-order valence-corrected chi connectivity index (χ0v) is 15.8. The Morgan fingerprint density at radius 1 is 0.846 bits per heavy atom. The Morgan fingerprint density at radius 2 is 1.50 bits per heavy atom. The second-order valence-electron chi connectivity index (χ2n) is 6.18. The van der Waals surface area contributed by atoms with E-state index < -0.39 is 11.8 Å². The van der Waals surface area contributed by atoms with Crippen LogP contribution < -0.4 is 4.90 Å². The molecule has 2 aliphatic rings. The van der Waals surface area contributed by atoms with Gasteiger partial charge >= 0.3 is 0 Å². The van der Waals surface area contributed by atoms with Crippen LogP contribution in [0.1, 0.15) is 11.1 Å². The first-order chi connectivity index (χ1) is 12.5. The molecule has 0 fully saturated rings. The molecule has 0 unspecified atom stereocenters. The Balaban J connectivity index is 1.68. The van der Waals surface area contributed by atoms with E-state index in [4.69, 9.17) is 34.8 Å². The van der Waals surface area contributed by atoms with E-state index in [1.807, 2.05) is 23.1 Å². The average molecular weight is 408 g/mol. The van der Waals surface area contributed by atoms with Crippen LogP contribution in [0.15, 0.2) is 53.2 Å². The third-order valence-corrected chi connectivity index (χ3v) is 5.33. The van der Waals surface area contributed by atoms with Crippen LogP contribution in [0.3, 0.4) is 0 Å². The third kappa shape index (κ3) is 2.88. The highest BCUT2D eigenvalue weighted by Gasteiger charge is 2.42. The summed E-state index contributed by atoms with van der Waals surface area (Å²) in [5.74, 6) is -1.03. The minimum Gasteiger partial charge on any atom is -0.361 e. The third-order valence-electron chi connectivity index (χ3n) is 4.56. The molecule has 2 heterocycles. The molecule has 0 aromatic heterocycles. The van der Waals surface area contributed by atoms with Gasteiger partial charge in [0, 0.05) is 23.1 Å². The second-order valence-corrected chi connectivity index (χ2v) is 7.43. The lowest BCUT2D eigenvalue weighted by molar-refractivity contribution is -0.121. The fraction of sp³-hybridized carbons (Fsp3) is 0.158. The first-order valence-corrected chi connectivity index (χ1v) is 9.15. The Morgan fingerprint density at radius 3 is 2.19 bits per heavy atom. The molecule has 4 rings (SSSR count). The number of halogens is 3. The van der Waals surface area contributed by atoms with Crippen molar-refractivity contribution in [3.05, 3.63) is 74.4 Å². The van der Waals surface area contributed by atoms with Crippen molar-refractivity contribution >= 4 is 52.3 Å². The summed E-state index contributed by atoms with van der Waals surface area (Å²) in [6, 6.07) is 12.6. The molecule has 0 bridgehead atoms. The first-order valence-electron chi connectivity index (χ1n) is 8.02. The van der Waals surface area contributed by atoms with E-state index in [1.165, 1.54) is 23.8 Å². The van der Waals surface area contributed by atoms with Crippen molar-refractivity contribution in [1.29, 1.82) is 0 Å². The first kappa shape index (κ1) is 17.4. The minimum atomic E-state index is -0.566. The quantitative estimate of drug-likeness (QED) is 0.694. The molecule has 0 spiro atoms. The summed E-state index contributed by atoms with van der Waals surface area (Å²) in [6.07, 6.45) is 0.786. The zero-order valence-electron chi connectivity index (χ0n) is 13.5. The lowest BCUT2D eigenvalue weighted by atomic mass is 9.99. The summed E-state index contributed by atoms with van der Waals surface area (Å²) in [4.78, 5) is 28.5. The average Bonchev–Trinajstić information content (AvgIpc) is 2.83. The highest BCUT2D eigenvalue weighted by molar-refractivity contribution is 6.52. The van der Waals surface area contributed by atoms with Crippen molar-refractivity contribution in [2.24, 2.45) is 0 Å². The molecule has 2 aromatic carbocycles. The maximum atomic E-state index is 13.0. The highest BCUT2D eigenvalue weighted by atomic mass is 35.5. The van der Waals surface area contributed by atoms with Crippen molar-refractivity contribution in [3.8, 4) is 0 Å². The number of hydrogen-bond donors (Lipinski definition) is 0. The molecule has 7 heteroatoms. The van der Waals surface area contributed by atoms with Gasteiger partial charge in [0.1, 0.15) is 10.7 Å². The van der Waals surface area contributed by atoms with Crippen LogP contribution in [0, 0.1) is 0 Å². The van der Waals surface area contributed by atoms with E-state index in [9.17, 15) is 9.59 Å². The molecule has 2 amide bonds. The molecule has 0 saturated carbocycles. The van der Waals surface area contributed by atoms with E-state index in [1.54, 1.807) is 0 Å². The number of hydrogen-bond acceptors (Lipinski definition) is 3. The van der Waals surface area contributed by atoms with Gasteiger partial charge in [-0.1, -0.05) is 59.1 Å². The van der Waals surface area contributed by atoms with Gasteiger partial charge in [0.15, 0.2) is 0 Å². The van der Waals surface area contributed by atoms with E-state index in [2.05, 4.69) is 6.07 Å². The molecule has 26 heavy (non-hydrogen) atoms. The summed E-state index contributed by atoms with van der Waals surface area (Å²) in [5, 5.41) is 0.597. The van der Waals surface area contributed by atoms with E-state index in [0.717, 1.165) is 16.9 Å². The number of benzene rings is 2. The maximum Gasteiger partial charge on any atom is 0.283 e. The van der Waals surface area contributed by atoms with Gasteiger partial charge in [0.25, 0.3) is 11.8 Å². The van der Waals surface area contributed by atoms with Crippen LogP contribution in [0.5, 0.6) is 0 Å². The van der Waals surface area contributed by atoms with Crippen LogP contribution in [0.4, 0.5) is 5.69 Å². The number of imide groups is 1. The van der Waals surface area contributed by atoms with Gasteiger partial charge in [-0.05, 0) is 35.7 Å². The number of amides is 2. The number of nitrogens with zero attached hydrogens (tertiary/aromatic N) is 2. The summed E-state index contributed by atoms with van der Waals surface area (Å²) in [6.45, 7) is 1.15. The van der Waals surface area contributed by atoms with Crippen LogP contribution in [-0.4, -0.2) is 23.3 Å². The molecule has 2 aliphatic heterocycles. The van der Waals surface area contributed by atoms with Gasteiger partial charge in [-0.15, -0.1) is 0 Å². The molecule has 0 N–H and O–H groups in total. The number of carbonyl (C=O) groups excluding carboxylic acids is 2. The lowest BCUT2D eigenvalue weighted by Gasteiger charge is -2.31. The monoisotopic (exact) mass is 406 g/mol. The van der Waals surface area contributed by atoms with Gasteiger partial charge in [-0.2, -0.15) is 0 Å². The molecule has 0 saturated heterocycles. The normalized spacial score (nSPS) is 17.2. The van der Waals surface area contributed by atoms with Gasteiger partial charge in [-0.25, -0.2) is 4.90 Å². The zero-order chi connectivity index (χ0) is 18.4. The molecule has 0 radical (unpaired) electrons. The van der Waals surface area contributed by atoms with Gasteiger partial charge in [-0.3, -0.25) is 9.59 Å². The topological polar surface area (TPSA) is 40.6 Å². The summed E-state index contributed by atoms with van der Waals surface area (Å²) < 4.78 is 0. The smallest absolute Gasteiger partial charge is 0.283 e. The number of fused-ring (bicyclic) bond motifs is 1. The molecule has 132 valence electrons.